The van der Waals surface area contributed by atoms with Gasteiger partial charge in [-0.05, 0) is 30.9 Å². The molecule has 0 saturated carbocycles. The maximum Gasteiger partial charge on any atom is 0.348 e. The third-order valence-corrected chi connectivity index (χ3v) is 4.88. The molecule has 1 aliphatic heterocycles. The normalized spacial score (nSPS) is 17.3. The van der Waals surface area contributed by atoms with Crippen molar-refractivity contribution in [2.24, 2.45) is 0 Å². The summed E-state index contributed by atoms with van der Waals surface area (Å²) in [6.45, 7) is 0.615. The Morgan fingerprint density at radius 2 is 2.24 bits per heavy atom. The highest BCUT2D eigenvalue weighted by Gasteiger charge is 2.23. The van der Waals surface area contributed by atoms with Crippen LogP contribution < -0.4 is 5.32 Å². The molecule has 1 fully saturated rings. The molecule has 3 rings (SSSR count). The number of thiophene rings is 1. The molecule has 1 N–H and O–H groups in total. The van der Waals surface area contributed by atoms with E-state index in [4.69, 9.17) is 4.74 Å². The van der Waals surface area contributed by atoms with E-state index in [1.165, 1.54) is 26.7 Å². The van der Waals surface area contributed by atoms with Gasteiger partial charge in [-0.1, -0.05) is 0 Å². The lowest BCUT2D eigenvalue weighted by Crippen LogP contribution is -2.51. The Balaban J connectivity index is 1.53. The van der Waals surface area contributed by atoms with Crippen LogP contribution >= 0.6 is 11.3 Å². The van der Waals surface area contributed by atoms with Gasteiger partial charge in [-0.3, -0.25) is 9.59 Å². The van der Waals surface area contributed by atoms with Crippen LogP contribution in [0.2, 0.25) is 0 Å². The molecule has 2 amide bonds. The first-order valence-corrected chi connectivity index (χ1v) is 7.78. The highest BCUT2D eigenvalue weighted by atomic mass is 32.1. The Kier molecular flexibility index (Phi) is 3.92. The predicted molar refractivity (Wildman–Crippen MR) is 76.2 cm³/mol. The van der Waals surface area contributed by atoms with E-state index in [2.05, 4.69) is 5.32 Å². The number of fused-ring (bicyclic) bond motifs is 1. The molecule has 1 aliphatic carbocycles. The number of piperazine rings is 1. The van der Waals surface area contributed by atoms with Crippen LogP contribution in [0.15, 0.2) is 6.07 Å². The number of aryl methyl sites for hydroxylation is 2. The van der Waals surface area contributed by atoms with Crippen molar-refractivity contribution in [3.05, 3.63) is 21.4 Å². The van der Waals surface area contributed by atoms with Crippen LogP contribution in [0, 0.1) is 0 Å². The van der Waals surface area contributed by atoms with E-state index in [-0.39, 0.29) is 25.0 Å². The van der Waals surface area contributed by atoms with Gasteiger partial charge in [0.15, 0.2) is 6.61 Å². The number of amides is 2. The average molecular weight is 308 g/mol. The topological polar surface area (TPSA) is 75.7 Å². The zero-order valence-electron chi connectivity index (χ0n) is 11.5. The van der Waals surface area contributed by atoms with Crippen molar-refractivity contribution < 1.29 is 19.1 Å². The van der Waals surface area contributed by atoms with Gasteiger partial charge in [0.1, 0.15) is 4.88 Å². The van der Waals surface area contributed by atoms with Gasteiger partial charge in [0, 0.05) is 18.0 Å². The number of hydrogen-bond acceptors (Lipinski definition) is 5. The molecule has 21 heavy (non-hydrogen) atoms. The minimum atomic E-state index is -0.454. The fraction of sp³-hybridized carbons (Fsp3) is 0.500. The molecule has 7 heteroatoms. The second-order valence-electron chi connectivity index (χ2n) is 5.15. The lowest BCUT2D eigenvalue weighted by atomic mass is 10.2. The van der Waals surface area contributed by atoms with Crippen LogP contribution in [0.3, 0.4) is 0 Å². The standard InChI is InChI=1S/C14H16N2O4S/c17-12-7-16(5-4-15-12)13(18)8-20-14(19)11-6-9-2-1-3-10(9)21-11/h6H,1-5,7-8H2,(H,15,17). The van der Waals surface area contributed by atoms with Crippen molar-refractivity contribution >= 4 is 29.1 Å². The first kappa shape index (κ1) is 14.1. The molecule has 112 valence electrons. The molecule has 0 aromatic carbocycles. The van der Waals surface area contributed by atoms with Gasteiger partial charge in [0.05, 0.1) is 6.54 Å². The Bertz CT molecular complexity index is 574. The lowest BCUT2D eigenvalue weighted by molar-refractivity contribution is -0.140. The van der Waals surface area contributed by atoms with Crippen molar-refractivity contribution in [2.45, 2.75) is 19.3 Å². The van der Waals surface area contributed by atoms with Crippen molar-refractivity contribution in [3.8, 4) is 0 Å². The summed E-state index contributed by atoms with van der Waals surface area (Å²) < 4.78 is 5.06. The third kappa shape index (κ3) is 3.07. The molecule has 0 spiro atoms. The van der Waals surface area contributed by atoms with Crippen LogP contribution in [0.25, 0.3) is 0 Å². The van der Waals surface area contributed by atoms with Crippen LogP contribution in [0.5, 0.6) is 0 Å². The molecular formula is C14H16N2O4S. The number of rotatable bonds is 3. The molecule has 2 aliphatic rings. The van der Waals surface area contributed by atoms with E-state index in [0.29, 0.717) is 18.0 Å². The minimum absolute atomic E-state index is 0.0314. The van der Waals surface area contributed by atoms with Crippen molar-refractivity contribution in [3.63, 3.8) is 0 Å². The van der Waals surface area contributed by atoms with Crippen molar-refractivity contribution in [1.82, 2.24) is 10.2 Å². The number of nitrogens with zero attached hydrogens (tertiary/aromatic N) is 1. The van der Waals surface area contributed by atoms with Crippen LogP contribution in [0.1, 0.15) is 26.5 Å². The van der Waals surface area contributed by atoms with E-state index in [9.17, 15) is 14.4 Å². The third-order valence-electron chi connectivity index (χ3n) is 3.67. The number of carbonyl (C=O) groups is 3. The zero-order valence-corrected chi connectivity index (χ0v) is 12.3. The number of ether oxygens (including phenoxy) is 1. The number of hydrogen-bond donors (Lipinski definition) is 1. The fourth-order valence-corrected chi connectivity index (χ4v) is 3.72. The summed E-state index contributed by atoms with van der Waals surface area (Å²) in [5.74, 6) is -0.970. The average Bonchev–Trinajstić information content (AvgIpc) is 3.05. The monoisotopic (exact) mass is 308 g/mol. The summed E-state index contributed by atoms with van der Waals surface area (Å²) in [4.78, 5) is 38.3. The van der Waals surface area contributed by atoms with Crippen LogP contribution in [0.4, 0.5) is 0 Å². The van der Waals surface area contributed by atoms with Crippen molar-refractivity contribution in [2.75, 3.05) is 26.2 Å². The summed E-state index contributed by atoms with van der Waals surface area (Å²) in [5, 5.41) is 2.64. The minimum Gasteiger partial charge on any atom is -0.451 e. The van der Waals surface area contributed by atoms with Gasteiger partial charge in [-0.15, -0.1) is 11.3 Å². The Labute approximate surface area is 126 Å². The van der Waals surface area contributed by atoms with E-state index in [0.717, 1.165) is 19.3 Å². The second-order valence-corrected chi connectivity index (χ2v) is 6.29. The van der Waals surface area contributed by atoms with E-state index < -0.39 is 5.97 Å². The summed E-state index contributed by atoms with van der Waals surface area (Å²) >= 11 is 1.45. The van der Waals surface area contributed by atoms with E-state index in [1.807, 2.05) is 6.07 Å². The van der Waals surface area contributed by atoms with Gasteiger partial charge in [0.2, 0.25) is 5.91 Å². The maximum atomic E-state index is 11.9. The SMILES string of the molecule is O=C1CN(C(=O)COC(=O)c2cc3c(s2)CCC3)CCN1. The molecule has 0 atom stereocenters. The van der Waals surface area contributed by atoms with Crippen LogP contribution in [-0.4, -0.2) is 48.9 Å². The Morgan fingerprint density at radius 3 is 3.00 bits per heavy atom. The summed E-state index contributed by atoms with van der Waals surface area (Å²) in [5.41, 5.74) is 1.23. The molecule has 2 heterocycles. The summed E-state index contributed by atoms with van der Waals surface area (Å²) in [6, 6.07) is 1.87. The smallest absolute Gasteiger partial charge is 0.348 e. The highest BCUT2D eigenvalue weighted by Crippen LogP contribution is 2.30. The fourth-order valence-electron chi connectivity index (χ4n) is 2.57. The number of carbonyl (C=O) groups excluding carboxylic acids is 3. The predicted octanol–water partition coefficient (Wildman–Crippen LogP) is 0.352. The second kappa shape index (κ2) is 5.85. The Hall–Kier alpha value is -1.89. The molecule has 1 aromatic heterocycles. The van der Waals surface area contributed by atoms with E-state index in [1.54, 1.807) is 0 Å². The van der Waals surface area contributed by atoms with Gasteiger partial charge in [0.25, 0.3) is 5.91 Å². The lowest BCUT2D eigenvalue weighted by Gasteiger charge is -2.26. The molecule has 1 saturated heterocycles. The van der Waals surface area contributed by atoms with Gasteiger partial charge in [-0.2, -0.15) is 0 Å². The molecular weight excluding hydrogens is 292 g/mol. The summed E-state index contributed by atoms with van der Waals surface area (Å²) in [7, 11) is 0. The van der Waals surface area contributed by atoms with E-state index >= 15 is 0 Å². The van der Waals surface area contributed by atoms with Crippen LogP contribution in [-0.2, 0) is 27.2 Å². The van der Waals surface area contributed by atoms with Gasteiger partial charge in [-0.25, -0.2) is 4.79 Å². The largest absolute Gasteiger partial charge is 0.451 e. The first-order valence-electron chi connectivity index (χ1n) is 6.96. The molecule has 6 nitrogen and oxygen atoms in total. The molecule has 1 aromatic rings. The molecule has 0 bridgehead atoms. The number of nitrogens with one attached hydrogen (secondary N) is 1. The van der Waals surface area contributed by atoms with Gasteiger partial charge < -0.3 is 15.0 Å². The maximum absolute atomic E-state index is 11.9. The zero-order chi connectivity index (χ0) is 14.8. The molecule has 0 unspecified atom stereocenters. The highest BCUT2D eigenvalue weighted by molar-refractivity contribution is 7.14. The first-order chi connectivity index (χ1) is 10.1. The Morgan fingerprint density at radius 1 is 1.38 bits per heavy atom. The van der Waals surface area contributed by atoms with Gasteiger partial charge >= 0.3 is 5.97 Å². The molecule has 0 radical (unpaired) electrons. The van der Waals surface area contributed by atoms with Crippen molar-refractivity contribution in [1.29, 1.82) is 0 Å². The number of esters is 1. The quantitative estimate of drug-likeness (QED) is 0.818. The summed E-state index contributed by atoms with van der Waals surface area (Å²) in [6.07, 6.45) is 3.18.